The molecule has 0 aromatic carbocycles. The summed E-state index contributed by atoms with van der Waals surface area (Å²) in [5.74, 6) is 0. The molecule has 0 heterocycles. The van der Waals surface area contributed by atoms with E-state index in [1.807, 2.05) is 19.7 Å². The molecule has 0 fully saturated rings. The van der Waals surface area contributed by atoms with Crippen molar-refractivity contribution in [1.82, 2.24) is 0 Å². The number of hydrogen-bond donors (Lipinski definition) is 0. The normalized spacial score (nSPS) is 13.6. The molecule has 0 rings (SSSR count). The Morgan fingerprint density at radius 3 is 0.921 bits per heavy atom. The van der Waals surface area contributed by atoms with Crippen LogP contribution in [0.15, 0.2) is 0 Å². The first-order valence-corrected chi connectivity index (χ1v) is 20.4. The van der Waals surface area contributed by atoms with E-state index in [1.165, 1.54) is 116 Å². The predicted molar refractivity (Wildman–Crippen MR) is 177 cm³/mol. The third-order valence-electron chi connectivity index (χ3n) is 7.27. The van der Waals surface area contributed by atoms with Crippen LogP contribution in [0.3, 0.4) is 0 Å². The van der Waals surface area contributed by atoms with Crippen molar-refractivity contribution in [3.05, 3.63) is 0 Å². The van der Waals surface area contributed by atoms with Gasteiger partial charge in [-0.25, -0.2) is 0 Å². The average Bonchev–Trinajstić information content (AvgIpc) is 2.95. The molecule has 4 nitrogen and oxygen atoms in total. The maximum Gasteiger partial charge on any atom is 0.156 e. The van der Waals surface area contributed by atoms with Gasteiger partial charge < -0.3 is 18.9 Å². The van der Waals surface area contributed by atoms with Crippen LogP contribution in [0.4, 0.5) is 0 Å². The van der Waals surface area contributed by atoms with Gasteiger partial charge in [-0.3, -0.25) is 0 Å². The van der Waals surface area contributed by atoms with Crippen molar-refractivity contribution >= 4 is 41.2 Å². The summed E-state index contributed by atoms with van der Waals surface area (Å²) in [5, 5.41) is 1.62. The Hall–Kier alpha value is 1.24. The van der Waals surface area contributed by atoms with Gasteiger partial charge in [-0.15, -0.1) is 0 Å². The van der Waals surface area contributed by atoms with Gasteiger partial charge in [0.25, 0.3) is 0 Å². The topological polar surface area (TPSA) is 36.9 Å². The lowest BCUT2D eigenvalue weighted by molar-refractivity contribution is -0.107. The molecule has 38 heavy (non-hydrogen) atoms. The average molecular weight is 615 g/mol. The summed E-state index contributed by atoms with van der Waals surface area (Å²) in [5.41, 5.74) is 0. The van der Waals surface area contributed by atoms with Crippen LogP contribution in [0.1, 0.15) is 142 Å². The van der Waals surface area contributed by atoms with Crippen LogP contribution >= 0.6 is 41.2 Å². The molecule has 0 aliphatic heterocycles. The molecule has 0 bridgehead atoms. The van der Waals surface area contributed by atoms with Gasteiger partial charge in [-0.2, -0.15) is 0 Å². The Labute approximate surface area is 252 Å². The second kappa shape index (κ2) is 31.2. The molecular weight excluding hydrogens is 553 g/mol. The van der Waals surface area contributed by atoms with Crippen LogP contribution in [0, 0.1) is 0 Å². The van der Waals surface area contributed by atoms with E-state index in [9.17, 15) is 0 Å². The molecule has 0 saturated heterocycles. The van der Waals surface area contributed by atoms with Gasteiger partial charge in [-0.05, 0) is 71.0 Å². The molecule has 0 saturated carbocycles. The van der Waals surface area contributed by atoms with E-state index in [0.717, 1.165) is 23.3 Å². The van der Waals surface area contributed by atoms with Crippen molar-refractivity contribution < 1.29 is 18.9 Å². The summed E-state index contributed by atoms with van der Waals surface area (Å²) < 4.78 is 21.0. The van der Waals surface area contributed by atoms with Crippen molar-refractivity contribution in [2.75, 3.05) is 28.4 Å². The minimum Gasteiger partial charge on any atom is -0.356 e. The molecular formula is C30H62O4S4. The maximum atomic E-state index is 5.26. The SMILES string of the molecule is CCC(CCCCCCCCCC(OC)OC)SSSSC(CC)CCCCCCCCCC(OC)OC. The first kappa shape index (κ1) is 39.2. The molecule has 230 valence electrons. The van der Waals surface area contributed by atoms with Crippen LogP contribution < -0.4 is 0 Å². The van der Waals surface area contributed by atoms with Gasteiger partial charge in [0.15, 0.2) is 12.6 Å². The Kier molecular flexibility index (Phi) is 32.2. The largest absolute Gasteiger partial charge is 0.356 e. The molecule has 0 N–H and O–H groups in total. The predicted octanol–water partition coefficient (Wildman–Crippen LogP) is 11.5. The minimum absolute atomic E-state index is 0.0199. The summed E-state index contributed by atoms with van der Waals surface area (Å²) in [6.45, 7) is 4.71. The van der Waals surface area contributed by atoms with E-state index in [4.69, 9.17) is 18.9 Å². The fraction of sp³-hybridized carbons (Fsp3) is 1.00. The van der Waals surface area contributed by atoms with Crippen molar-refractivity contribution in [3.8, 4) is 0 Å². The lowest BCUT2D eigenvalue weighted by Gasteiger charge is -2.15. The van der Waals surface area contributed by atoms with Crippen LogP contribution in [0.2, 0.25) is 0 Å². The van der Waals surface area contributed by atoms with Crippen LogP contribution in [0.5, 0.6) is 0 Å². The zero-order chi connectivity index (χ0) is 28.1. The van der Waals surface area contributed by atoms with Gasteiger partial charge in [0, 0.05) is 38.9 Å². The maximum absolute atomic E-state index is 5.26. The standard InChI is InChI=1S/C30H62O4S4/c1-7-27(23-19-15-11-9-13-17-21-25-29(31-3)32-4)35-37-38-36-28(8-2)24-20-16-12-10-14-18-22-26-30(33-5)34-6/h27-30H,7-26H2,1-6H3. The summed E-state index contributed by atoms with van der Waals surface area (Å²) >= 11 is 0. The fourth-order valence-corrected chi connectivity index (χ4v) is 12.2. The molecule has 0 spiro atoms. The number of hydrogen-bond acceptors (Lipinski definition) is 8. The molecule has 0 aromatic heterocycles. The van der Waals surface area contributed by atoms with Crippen molar-refractivity contribution in [3.63, 3.8) is 0 Å². The molecule has 2 atom stereocenters. The molecule has 0 amide bonds. The highest BCUT2D eigenvalue weighted by molar-refractivity contribution is 9.26. The summed E-state index contributed by atoms with van der Waals surface area (Å²) in [7, 11) is 15.2. The monoisotopic (exact) mass is 614 g/mol. The Morgan fingerprint density at radius 1 is 0.395 bits per heavy atom. The van der Waals surface area contributed by atoms with E-state index in [2.05, 4.69) is 35.4 Å². The third-order valence-corrected chi connectivity index (χ3v) is 14.9. The van der Waals surface area contributed by atoms with Gasteiger partial charge in [0.1, 0.15) is 0 Å². The van der Waals surface area contributed by atoms with Gasteiger partial charge >= 0.3 is 0 Å². The summed E-state index contributed by atoms with van der Waals surface area (Å²) in [6.07, 6.45) is 26.1. The van der Waals surface area contributed by atoms with Crippen molar-refractivity contribution in [2.45, 2.75) is 165 Å². The number of unbranched alkanes of at least 4 members (excludes halogenated alkanes) is 12. The Bertz CT molecular complexity index is 414. The van der Waals surface area contributed by atoms with Crippen LogP contribution in [0.25, 0.3) is 0 Å². The smallest absolute Gasteiger partial charge is 0.156 e. The van der Waals surface area contributed by atoms with E-state index < -0.39 is 0 Å². The first-order chi connectivity index (χ1) is 18.6. The van der Waals surface area contributed by atoms with Gasteiger partial charge in [0.05, 0.1) is 0 Å². The number of ether oxygens (including phenoxy) is 4. The number of methoxy groups -OCH3 is 4. The molecule has 0 aliphatic carbocycles. The Morgan fingerprint density at radius 2 is 0.658 bits per heavy atom. The second-order valence-corrected chi connectivity index (χ2v) is 16.7. The lowest BCUT2D eigenvalue weighted by Crippen LogP contribution is -2.12. The third kappa shape index (κ3) is 25.0. The van der Waals surface area contributed by atoms with E-state index in [1.54, 1.807) is 28.4 Å². The fourth-order valence-electron chi connectivity index (χ4n) is 4.58. The Balaban J connectivity index is 3.60. The summed E-state index contributed by atoms with van der Waals surface area (Å²) in [6, 6.07) is 0. The summed E-state index contributed by atoms with van der Waals surface area (Å²) in [4.78, 5) is 0. The second-order valence-electron chi connectivity index (χ2n) is 10.3. The van der Waals surface area contributed by atoms with Gasteiger partial charge in [0.2, 0.25) is 0 Å². The van der Waals surface area contributed by atoms with E-state index in [-0.39, 0.29) is 12.6 Å². The van der Waals surface area contributed by atoms with E-state index >= 15 is 0 Å². The van der Waals surface area contributed by atoms with Crippen LogP contribution in [-0.2, 0) is 18.9 Å². The quantitative estimate of drug-likeness (QED) is 0.0433. The highest BCUT2D eigenvalue weighted by atomic mass is 33.7. The molecule has 0 aromatic rings. The zero-order valence-electron chi connectivity index (χ0n) is 25.7. The highest BCUT2D eigenvalue weighted by Gasteiger charge is 2.11. The van der Waals surface area contributed by atoms with Crippen molar-refractivity contribution in [1.29, 1.82) is 0 Å². The van der Waals surface area contributed by atoms with Crippen LogP contribution in [-0.4, -0.2) is 51.5 Å². The molecule has 2 unspecified atom stereocenters. The van der Waals surface area contributed by atoms with Crippen molar-refractivity contribution in [2.24, 2.45) is 0 Å². The van der Waals surface area contributed by atoms with E-state index in [0.29, 0.717) is 0 Å². The highest BCUT2D eigenvalue weighted by Crippen LogP contribution is 2.49. The molecule has 8 heteroatoms. The minimum atomic E-state index is -0.0199. The number of rotatable bonds is 31. The first-order valence-electron chi connectivity index (χ1n) is 15.4. The lowest BCUT2D eigenvalue weighted by atomic mass is 10.1. The van der Waals surface area contributed by atoms with Gasteiger partial charge in [-0.1, -0.05) is 112 Å². The zero-order valence-corrected chi connectivity index (χ0v) is 29.0. The molecule has 0 aliphatic rings. The molecule has 0 radical (unpaired) electrons.